The molecule has 3 nitrogen and oxygen atoms in total. The van der Waals surface area contributed by atoms with E-state index in [2.05, 4.69) is 45.6 Å². The van der Waals surface area contributed by atoms with Crippen LogP contribution in [0, 0.1) is 0 Å². The molecule has 0 N–H and O–H groups in total. The highest BCUT2D eigenvalue weighted by molar-refractivity contribution is 9.11. The molecule has 0 heterocycles. The van der Waals surface area contributed by atoms with Crippen molar-refractivity contribution in [1.29, 1.82) is 0 Å². The van der Waals surface area contributed by atoms with Crippen LogP contribution in [-0.2, 0) is 16.1 Å². The molecule has 2 aromatic rings. The van der Waals surface area contributed by atoms with Crippen molar-refractivity contribution in [1.82, 2.24) is 4.90 Å². The van der Waals surface area contributed by atoms with Gasteiger partial charge in [0.2, 0.25) is 0 Å². The van der Waals surface area contributed by atoms with Crippen molar-refractivity contribution in [2.45, 2.75) is 19.0 Å². The summed E-state index contributed by atoms with van der Waals surface area (Å²) in [5.41, 5.74) is 2.25. The van der Waals surface area contributed by atoms with E-state index in [0.717, 1.165) is 15.6 Å². The number of hydrogen-bond acceptors (Lipinski definition) is 3. The van der Waals surface area contributed by atoms with Gasteiger partial charge in [0.1, 0.15) is 6.04 Å². The SMILES string of the molecule is C=CCC(C(=O)OC)N(C/C(Br)=C/c1ccccc1)Cc1ccccc1. The van der Waals surface area contributed by atoms with E-state index in [1.165, 1.54) is 7.11 Å². The Labute approximate surface area is 164 Å². The minimum atomic E-state index is -0.380. The van der Waals surface area contributed by atoms with Crippen molar-refractivity contribution in [2.75, 3.05) is 13.7 Å². The van der Waals surface area contributed by atoms with Gasteiger partial charge < -0.3 is 4.74 Å². The lowest BCUT2D eigenvalue weighted by Gasteiger charge is -2.29. The first-order valence-electron chi connectivity index (χ1n) is 8.52. The zero-order valence-electron chi connectivity index (χ0n) is 15.0. The summed E-state index contributed by atoms with van der Waals surface area (Å²) in [4.78, 5) is 14.4. The molecule has 26 heavy (non-hydrogen) atoms. The number of nitrogens with zero attached hydrogens (tertiary/aromatic N) is 1. The minimum Gasteiger partial charge on any atom is -0.468 e. The summed E-state index contributed by atoms with van der Waals surface area (Å²) in [5.74, 6) is -0.249. The van der Waals surface area contributed by atoms with Crippen molar-refractivity contribution < 1.29 is 9.53 Å². The summed E-state index contributed by atoms with van der Waals surface area (Å²) in [5, 5.41) is 0. The summed E-state index contributed by atoms with van der Waals surface area (Å²) < 4.78 is 6.02. The monoisotopic (exact) mass is 413 g/mol. The van der Waals surface area contributed by atoms with Crippen LogP contribution in [0.15, 0.2) is 77.8 Å². The van der Waals surface area contributed by atoms with E-state index in [0.29, 0.717) is 19.5 Å². The molecule has 2 aromatic carbocycles. The second-order valence-electron chi connectivity index (χ2n) is 5.96. The zero-order chi connectivity index (χ0) is 18.8. The van der Waals surface area contributed by atoms with E-state index >= 15 is 0 Å². The molecule has 0 aliphatic rings. The van der Waals surface area contributed by atoms with Crippen molar-refractivity contribution in [3.63, 3.8) is 0 Å². The number of esters is 1. The highest BCUT2D eigenvalue weighted by Gasteiger charge is 2.26. The van der Waals surface area contributed by atoms with Gasteiger partial charge in [0.15, 0.2) is 0 Å². The Morgan fingerprint density at radius 3 is 2.35 bits per heavy atom. The largest absolute Gasteiger partial charge is 0.468 e. The quantitative estimate of drug-likeness (QED) is 0.425. The molecular formula is C22H24BrNO2. The van der Waals surface area contributed by atoms with Crippen LogP contribution in [-0.4, -0.2) is 30.6 Å². The first kappa shape index (κ1) is 20.1. The van der Waals surface area contributed by atoms with E-state index < -0.39 is 0 Å². The molecule has 0 fully saturated rings. The molecule has 1 atom stereocenters. The lowest BCUT2D eigenvalue weighted by molar-refractivity contribution is -0.146. The van der Waals surface area contributed by atoms with Gasteiger partial charge >= 0.3 is 5.97 Å². The molecule has 0 spiro atoms. The average Bonchev–Trinajstić information content (AvgIpc) is 2.66. The maximum atomic E-state index is 12.3. The molecule has 0 radical (unpaired) electrons. The van der Waals surface area contributed by atoms with Crippen LogP contribution < -0.4 is 0 Å². The van der Waals surface area contributed by atoms with E-state index in [1.807, 2.05) is 48.5 Å². The fourth-order valence-electron chi connectivity index (χ4n) is 2.75. The number of methoxy groups -OCH3 is 1. The summed E-state index contributed by atoms with van der Waals surface area (Å²) in [6, 6.07) is 19.8. The number of rotatable bonds is 9. The van der Waals surface area contributed by atoms with Crippen LogP contribution >= 0.6 is 15.9 Å². The lowest BCUT2D eigenvalue weighted by atomic mass is 10.1. The maximum Gasteiger partial charge on any atom is 0.323 e. The Kier molecular flexibility index (Phi) is 8.32. The zero-order valence-corrected chi connectivity index (χ0v) is 16.6. The van der Waals surface area contributed by atoms with E-state index in [4.69, 9.17) is 4.74 Å². The maximum absolute atomic E-state index is 12.3. The van der Waals surface area contributed by atoms with Crippen LogP contribution in [0.4, 0.5) is 0 Å². The number of ether oxygens (including phenoxy) is 1. The van der Waals surface area contributed by atoms with Crippen LogP contribution in [0.25, 0.3) is 6.08 Å². The van der Waals surface area contributed by atoms with Gasteiger partial charge in [-0.2, -0.15) is 0 Å². The number of carbonyl (C=O) groups excluding carboxylic acids is 1. The first-order valence-corrected chi connectivity index (χ1v) is 9.31. The highest BCUT2D eigenvalue weighted by Crippen LogP contribution is 2.19. The van der Waals surface area contributed by atoms with Gasteiger partial charge in [0, 0.05) is 17.6 Å². The molecule has 0 aliphatic carbocycles. The van der Waals surface area contributed by atoms with Gasteiger partial charge in [0.05, 0.1) is 7.11 Å². The fraction of sp³-hybridized carbons (Fsp3) is 0.227. The van der Waals surface area contributed by atoms with Gasteiger partial charge in [-0.25, -0.2) is 0 Å². The highest BCUT2D eigenvalue weighted by atomic mass is 79.9. The average molecular weight is 414 g/mol. The normalized spacial score (nSPS) is 12.7. The molecule has 2 rings (SSSR count). The van der Waals surface area contributed by atoms with Gasteiger partial charge in [-0.05, 0) is 23.6 Å². The number of halogens is 1. The van der Waals surface area contributed by atoms with Crippen LogP contribution in [0.5, 0.6) is 0 Å². The molecular weight excluding hydrogens is 390 g/mol. The van der Waals surface area contributed by atoms with Crippen LogP contribution in [0.1, 0.15) is 17.5 Å². The summed E-state index contributed by atoms with van der Waals surface area (Å²) in [6.45, 7) is 5.03. The van der Waals surface area contributed by atoms with Crippen molar-refractivity contribution in [3.05, 3.63) is 88.9 Å². The molecule has 1 unspecified atom stereocenters. The van der Waals surface area contributed by atoms with Crippen LogP contribution in [0.3, 0.4) is 0 Å². The van der Waals surface area contributed by atoms with Gasteiger partial charge in [-0.3, -0.25) is 9.69 Å². The van der Waals surface area contributed by atoms with Gasteiger partial charge in [-0.15, -0.1) is 6.58 Å². The fourth-order valence-corrected chi connectivity index (χ4v) is 3.34. The number of carbonyl (C=O) groups is 1. The predicted octanol–water partition coefficient (Wildman–Crippen LogP) is 5.04. The van der Waals surface area contributed by atoms with Crippen LogP contribution in [0.2, 0.25) is 0 Å². The Hall–Kier alpha value is -2.17. The Morgan fingerprint density at radius 2 is 1.77 bits per heavy atom. The third-order valence-corrected chi connectivity index (χ3v) is 4.49. The predicted molar refractivity (Wildman–Crippen MR) is 111 cm³/mol. The first-order chi connectivity index (χ1) is 12.6. The van der Waals surface area contributed by atoms with Crippen molar-refractivity contribution in [2.24, 2.45) is 0 Å². The van der Waals surface area contributed by atoms with Crippen molar-refractivity contribution >= 4 is 28.0 Å². The van der Waals surface area contributed by atoms with Gasteiger partial charge in [0.25, 0.3) is 0 Å². The Balaban J connectivity index is 2.24. The third-order valence-electron chi connectivity index (χ3n) is 4.01. The smallest absolute Gasteiger partial charge is 0.323 e. The minimum absolute atomic E-state index is 0.249. The molecule has 0 aliphatic heterocycles. The third kappa shape index (κ3) is 6.28. The molecule has 4 heteroatoms. The number of hydrogen-bond donors (Lipinski definition) is 0. The van der Waals surface area contributed by atoms with E-state index in [-0.39, 0.29) is 12.0 Å². The topological polar surface area (TPSA) is 29.5 Å². The number of benzene rings is 2. The van der Waals surface area contributed by atoms with E-state index in [1.54, 1.807) is 6.08 Å². The van der Waals surface area contributed by atoms with Gasteiger partial charge in [-0.1, -0.05) is 82.7 Å². The Bertz CT molecular complexity index is 728. The molecule has 0 saturated heterocycles. The molecule has 0 bridgehead atoms. The molecule has 0 aromatic heterocycles. The second-order valence-corrected chi connectivity index (χ2v) is 6.97. The second kappa shape index (κ2) is 10.7. The summed E-state index contributed by atoms with van der Waals surface area (Å²) in [7, 11) is 1.42. The summed E-state index contributed by atoms with van der Waals surface area (Å²) in [6.07, 6.45) is 4.36. The molecule has 0 amide bonds. The standard InChI is InChI=1S/C22H24BrNO2/c1-3-10-21(22(25)26-2)24(16-19-13-8-5-9-14-19)17-20(23)15-18-11-6-4-7-12-18/h3-9,11-15,21H,1,10,16-17H2,2H3/b20-15-. The summed E-state index contributed by atoms with van der Waals surface area (Å²) >= 11 is 3.66. The molecule has 136 valence electrons. The lowest BCUT2D eigenvalue weighted by Crippen LogP contribution is -2.41. The van der Waals surface area contributed by atoms with E-state index in [9.17, 15) is 4.79 Å². The molecule has 0 saturated carbocycles. The Morgan fingerprint density at radius 1 is 1.15 bits per heavy atom. The van der Waals surface area contributed by atoms with Crippen molar-refractivity contribution in [3.8, 4) is 0 Å².